The van der Waals surface area contributed by atoms with E-state index in [2.05, 4.69) is 37.2 Å². The molecular formula is C28H37ClN2O4. The molecule has 190 valence electrons. The predicted molar refractivity (Wildman–Crippen MR) is 141 cm³/mol. The number of aromatic nitrogens is 1. The van der Waals surface area contributed by atoms with Gasteiger partial charge in [-0.3, -0.25) is 4.90 Å². The number of aromatic carboxylic acids is 1. The number of nitrogens with zero attached hydrogens (tertiary/aromatic N) is 2. The van der Waals surface area contributed by atoms with Gasteiger partial charge in [0.25, 0.3) is 0 Å². The minimum atomic E-state index is -0.986. The first-order chi connectivity index (χ1) is 16.7. The number of carboxylic acid groups (broad SMARTS) is 1. The van der Waals surface area contributed by atoms with E-state index in [0.717, 1.165) is 29.1 Å². The van der Waals surface area contributed by atoms with Crippen LogP contribution in [0.5, 0.6) is 5.75 Å². The van der Waals surface area contributed by atoms with Crippen molar-refractivity contribution in [3.8, 4) is 5.75 Å². The summed E-state index contributed by atoms with van der Waals surface area (Å²) in [5.41, 5.74) is 2.18. The van der Waals surface area contributed by atoms with Crippen molar-refractivity contribution in [2.24, 2.45) is 0 Å². The molecule has 3 unspecified atom stereocenters. The van der Waals surface area contributed by atoms with Crippen LogP contribution >= 0.6 is 11.6 Å². The molecule has 0 saturated heterocycles. The molecule has 0 radical (unpaired) electrons. The summed E-state index contributed by atoms with van der Waals surface area (Å²) in [6, 6.07) is 18.1. The second-order valence-electron chi connectivity index (χ2n) is 8.73. The number of benzene rings is 2. The molecule has 0 fully saturated rings. The van der Waals surface area contributed by atoms with Crippen LogP contribution < -0.4 is 0 Å². The fourth-order valence-corrected chi connectivity index (χ4v) is 4.04. The summed E-state index contributed by atoms with van der Waals surface area (Å²) in [5, 5.41) is 28.8. The minimum Gasteiger partial charge on any atom is -0.508 e. The first kappa shape index (κ1) is 28.4. The lowest BCUT2D eigenvalue weighted by Crippen LogP contribution is -2.42. The van der Waals surface area contributed by atoms with Gasteiger partial charge in [-0.2, -0.15) is 0 Å². The Morgan fingerprint density at radius 2 is 1.57 bits per heavy atom. The molecule has 0 aliphatic rings. The monoisotopic (exact) mass is 500 g/mol. The highest BCUT2D eigenvalue weighted by atomic mass is 35.5. The minimum absolute atomic E-state index is 0.0741. The van der Waals surface area contributed by atoms with Crippen LogP contribution in [0.15, 0.2) is 66.9 Å². The highest BCUT2D eigenvalue weighted by Crippen LogP contribution is 2.23. The highest BCUT2D eigenvalue weighted by Gasteiger charge is 2.23. The average Bonchev–Trinajstić information content (AvgIpc) is 3.32. The Morgan fingerprint density at radius 3 is 2.11 bits per heavy atom. The standard InChI is InChI=1S/C21H31ClN2O.C7H6O3/c1-5-16(3)24(17(4)6-2)15-21(25)20-12-9-13-23(20)14-18-10-7-8-11-19(18)22;8-6-3-1-5(2-4-6)7(9)10/h7-13,16-17,21,25H,5-6,14-15H2,1-4H3;1-4,8H,(H,9,10). The van der Waals surface area contributed by atoms with Crippen LogP contribution in [0.4, 0.5) is 0 Å². The van der Waals surface area contributed by atoms with E-state index >= 15 is 0 Å². The third-order valence-corrected chi connectivity index (χ3v) is 6.69. The molecule has 0 saturated carbocycles. The second-order valence-corrected chi connectivity index (χ2v) is 9.14. The first-order valence-electron chi connectivity index (χ1n) is 12.0. The molecule has 3 rings (SSSR count). The van der Waals surface area contributed by atoms with Gasteiger partial charge in [0, 0.05) is 42.1 Å². The fraction of sp³-hybridized carbons (Fsp3) is 0.393. The van der Waals surface area contributed by atoms with Crippen molar-refractivity contribution < 1.29 is 20.1 Å². The van der Waals surface area contributed by atoms with Gasteiger partial charge in [-0.05, 0) is 74.7 Å². The van der Waals surface area contributed by atoms with E-state index in [4.69, 9.17) is 21.8 Å². The molecule has 0 bridgehead atoms. The summed E-state index contributed by atoms with van der Waals surface area (Å²) in [6.45, 7) is 10.2. The number of aromatic hydroxyl groups is 1. The molecule has 6 nitrogen and oxygen atoms in total. The van der Waals surface area contributed by atoms with Crippen molar-refractivity contribution in [3.05, 3.63) is 88.7 Å². The van der Waals surface area contributed by atoms with Gasteiger partial charge in [0.1, 0.15) is 11.9 Å². The lowest BCUT2D eigenvalue weighted by Gasteiger charge is -2.35. The molecule has 0 spiro atoms. The van der Waals surface area contributed by atoms with Crippen molar-refractivity contribution in [2.75, 3.05) is 6.54 Å². The molecule has 0 amide bonds. The number of hydrogen-bond donors (Lipinski definition) is 3. The zero-order valence-electron chi connectivity index (χ0n) is 20.9. The summed E-state index contributed by atoms with van der Waals surface area (Å²) >= 11 is 6.29. The molecule has 1 aromatic heterocycles. The van der Waals surface area contributed by atoms with E-state index < -0.39 is 12.1 Å². The lowest BCUT2D eigenvalue weighted by atomic mass is 10.1. The molecule has 2 aromatic carbocycles. The van der Waals surface area contributed by atoms with E-state index in [0.29, 0.717) is 25.2 Å². The van der Waals surface area contributed by atoms with Crippen LogP contribution in [0.3, 0.4) is 0 Å². The smallest absolute Gasteiger partial charge is 0.335 e. The summed E-state index contributed by atoms with van der Waals surface area (Å²) < 4.78 is 2.09. The van der Waals surface area contributed by atoms with Crippen molar-refractivity contribution in [2.45, 2.75) is 65.3 Å². The van der Waals surface area contributed by atoms with E-state index in [1.54, 1.807) is 0 Å². The van der Waals surface area contributed by atoms with Gasteiger partial charge >= 0.3 is 5.97 Å². The first-order valence-corrected chi connectivity index (χ1v) is 12.4. The van der Waals surface area contributed by atoms with Gasteiger partial charge in [0.15, 0.2) is 0 Å². The number of hydrogen-bond acceptors (Lipinski definition) is 4. The van der Waals surface area contributed by atoms with Crippen molar-refractivity contribution >= 4 is 17.6 Å². The van der Waals surface area contributed by atoms with Gasteiger partial charge in [0.2, 0.25) is 0 Å². The predicted octanol–water partition coefficient (Wildman–Crippen LogP) is 6.21. The Bertz CT molecular complexity index is 1040. The third-order valence-electron chi connectivity index (χ3n) is 6.32. The van der Waals surface area contributed by atoms with Crippen molar-refractivity contribution in [1.29, 1.82) is 0 Å². The van der Waals surface area contributed by atoms with E-state index in [9.17, 15) is 9.90 Å². The number of phenolic OH excluding ortho intramolecular Hbond substituents is 1. The average molecular weight is 501 g/mol. The van der Waals surface area contributed by atoms with Crippen molar-refractivity contribution in [1.82, 2.24) is 9.47 Å². The van der Waals surface area contributed by atoms with Gasteiger partial charge in [-0.1, -0.05) is 43.6 Å². The molecule has 3 atom stereocenters. The maximum Gasteiger partial charge on any atom is 0.335 e. The van der Waals surface area contributed by atoms with Gasteiger partial charge in [-0.25, -0.2) is 4.79 Å². The summed E-state index contributed by atoms with van der Waals surface area (Å²) in [4.78, 5) is 12.6. The van der Waals surface area contributed by atoms with Crippen LogP contribution in [-0.4, -0.2) is 49.4 Å². The Balaban J connectivity index is 0.000000360. The van der Waals surface area contributed by atoms with E-state index in [1.807, 2.05) is 42.6 Å². The Hall–Kier alpha value is -2.80. The molecule has 3 aromatic rings. The Kier molecular flexibility index (Phi) is 11.3. The van der Waals surface area contributed by atoms with Crippen LogP contribution in [0, 0.1) is 0 Å². The molecule has 1 heterocycles. The van der Waals surface area contributed by atoms with Crippen LogP contribution in [0.1, 0.15) is 68.3 Å². The topological polar surface area (TPSA) is 85.9 Å². The number of halogens is 1. The molecule has 0 aliphatic carbocycles. The fourth-order valence-electron chi connectivity index (χ4n) is 3.84. The number of aliphatic hydroxyl groups excluding tert-OH is 1. The van der Waals surface area contributed by atoms with Crippen molar-refractivity contribution in [3.63, 3.8) is 0 Å². The molecule has 35 heavy (non-hydrogen) atoms. The lowest BCUT2D eigenvalue weighted by molar-refractivity contribution is 0.0590. The maximum absolute atomic E-state index is 10.9. The summed E-state index contributed by atoms with van der Waals surface area (Å²) in [5.74, 6) is -0.912. The SMILES string of the molecule is CCC(C)N(CC(O)c1cccn1Cc1ccccc1Cl)C(C)CC.O=C(O)c1ccc(O)cc1. The number of carboxylic acids is 1. The Morgan fingerprint density at radius 1 is 0.971 bits per heavy atom. The van der Waals surface area contributed by atoms with E-state index in [-0.39, 0.29) is 11.3 Å². The number of rotatable bonds is 10. The maximum atomic E-state index is 10.9. The molecule has 0 aliphatic heterocycles. The number of phenols is 1. The Labute approximate surface area is 213 Å². The zero-order valence-corrected chi connectivity index (χ0v) is 21.7. The third kappa shape index (κ3) is 8.42. The van der Waals surface area contributed by atoms with Crippen LogP contribution in [-0.2, 0) is 6.54 Å². The number of aliphatic hydroxyl groups is 1. The molecule has 3 N–H and O–H groups in total. The summed E-state index contributed by atoms with van der Waals surface area (Å²) in [7, 11) is 0. The molecule has 7 heteroatoms. The number of carbonyl (C=O) groups is 1. The zero-order chi connectivity index (χ0) is 26.0. The summed E-state index contributed by atoms with van der Waals surface area (Å²) in [6.07, 6.45) is 3.66. The highest BCUT2D eigenvalue weighted by molar-refractivity contribution is 6.31. The van der Waals surface area contributed by atoms with Crippen LogP contribution in [0.2, 0.25) is 5.02 Å². The van der Waals surface area contributed by atoms with Crippen LogP contribution in [0.25, 0.3) is 0 Å². The van der Waals surface area contributed by atoms with Gasteiger partial charge < -0.3 is 19.9 Å². The molecular weight excluding hydrogens is 464 g/mol. The quantitative estimate of drug-likeness (QED) is 0.308. The van der Waals surface area contributed by atoms with Gasteiger partial charge in [-0.15, -0.1) is 0 Å². The van der Waals surface area contributed by atoms with Gasteiger partial charge in [0.05, 0.1) is 5.56 Å². The second kappa shape index (κ2) is 13.9. The normalized spacial score (nSPS) is 13.6. The largest absolute Gasteiger partial charge is 0.508 e. The van der Waals surface area contributed by atoms with E-state index in [1.165, 1.54) is 24.3 Å².